The molecule has 0 radical (unpaired) electrons. The first-order chi connectivity index (χ1) is 15.8. The standard InChI is InChI=1S/C24H28N4O4S/c1-28-22-15-19(10-11-23(22)32-24(28)29)18-8-6-17(7-9-18)14-21(16-25)27-33(30,31)13-12-26-20-4-2-3-5-20/h6-11,15,20-21,26-27H,2-5,12-14H2,1H3. The summed E-state index contributed by atoms with van der Waals surface area (Å²) in [5.41, 5.74) is 3.97. The quantitative estimate of drug-likeness (QED) is 0.499. The van der Waals surface area contributed by atoms with Crippen molar-refractivity contribution in [1.29, 1.82) is 5.26 Å². The Bertz CT molecular complexity index is 1310. The van der Waals surface area contributed by atoms with E-state index >= 15 is 0 Å². The molecule has 1 atom stereocenters. The predicted molar refractivity (Wildman–Crippen MR) is 127 cm³/mol. The number of rotatable bonds is 9. The summed E-state index contributed by atoms with van der Waals surface area (Å²) in [4.78, 5) is 11.7. The minimum Gasteiger partial charge on any atom is -0.408 e. The Kier molecular flexibility index (Phi) is 6.98. The lowest BCUT2D eigenvalue weighted by Crippen LogP contribution is -2.40. The van der Waals surface area contributed by atoms with Gasteiger partial charge in [-0.25, -0.2) is 13.2 Å². The van der Waals surface area contributed by atoms with Crippen molar-refractivity contribution in [1.82, 2.24) is 14.6 Å². The van der Waals surface area contributed by atoms with Crippen LogP contribution < -0.4 is 15.8 Å². The Morgan fingerprint density at radius 3 is 2.55 bits per heavy atom. The second kappa shape index (κ2) is 9.91. The third kappa shape index (κ3) is 5.71. The lowest BCUT2D eigenvalue weighted by Gasteiger charge is -2.15. The zero-order chi connectivity index (χ0) is 23.4. The van der Waals surface area contributed by atoms with Gasteiger partial charge in [-0.15, -0.1) is 0 Å². The van der Waals surface area contributed by atoms with Gasteiger partial charge >= 0.3 is 5.76 Å². The minimum atomic E-state index is -3.55. The molecule has 0 aliphatic heterocycles. The van der Waals surface area contributed by atoms with Crippen molar-refractivity contribution in [2.75, 3.05) is 12.3 Å². The van der Waals surface area contributed by atoms with E-state index in [0.717, 1.165) is 29.5 Å². The van der Waals surface area contributed by atoms with Crippen molar-refractivity contribution >= 4 is 21.1 Å². The zero-order valence-corrected chi connectivity index (χ0v) is 19.4. The Morgan fingerprint density at radius 1 is 1.15 bits per heavy atom. The first-order valence-electron chi connectivity index (χ1n) is 11.2. The lowest BCUT2D eigenvalue weighted by atomic mass is 10.0. The molecule has 0 amide bonds. The van der Waals surface area contributed by atoms with Crippen LogP contribution in [0.4, 0.5) is 0 Å². The van der Waals surface area contributed by atoms with E-state index in [-0.39, 0.29) is 12.2 Å². The molecule has 1 heterocycles. The maximum atomic E-state index is 12.4. The average Bonchev–Trinajstić information content (AvgIpc) is 3.41. The van der Waals surface area contributed by atoms with Crippen LogP contribution in [-0.2, 0) is 23.5 Å². The summed E-state index contributed by atoms with van der Waals surface area (Å²) >= 11 is 0. The SMILES string of the molecule is Cn1c(=O)oc2ccc(-c3ccc(CC(C#N)NS(=O)(=O)CCNC4CCCC4)cc3)cc21. The number of aryl methyl sites for hydroxylation is 1. The number of benzene rings is 2. The number of oxazole rings is 1. The van der Waals surface area contributed by atoms with Crippen molar-refractivity contribution in [3.8, 4) is 17.2 Å². The summed E-state index contributed by atoms with van der Waals surface area (Å²) in [7, 11) is -1.89. The smallest absolute Gasteiger partial charge is 0.408 e. The van der Waals surface area contributed by atoms with Gasteiger partial charge in [-0.2, -0.15) is 9.98 Å². The molecule has 1 aliphatic carbocycles. The Labute approximate surface area is 193 Å². The van der Waals surface area contributed by atoms with Gasteiger partial charge in [0, 0.05) is 26.1 Å². The van der Waals surface area contributed by atoms with Crippen molar-refractivity contribution in [2.24, 2.45) is 7.05 Å². The first-order valence-corrected chi connectivity index (χ1v) is 12.8. The van der Waals surface area contributed by atoms with Crippen molar-refractivity contribution in [3.63, 3.8) is 0 Å². The Balaban J connectivity index is 1.37. The Morgan fingerprint density at radius 2 is 1.85 bits per heavy atom. The maximum absolute atomic E-state index is 12.4. The van der Waals surface area contributed by atoms with Gasteiger partial charge in [0.1, 0.15) is 6.04 Å². The van der Waals surface area contributed by atoms with Crippen LogP contribution in [-0.4, -0.2) is 37.4 Å². The molecule has 33 heavy (non-hydrogen) atoms. The normalized spacial score (nSPS) is 15.6. The molecule has 3 aromatic rings. The van der Waals surface area contributed by atoms with E-state index in [9.17, 15) is 18.5 Å². The summed E-state index contributed by atoms with van der Waals surface area (Å²) in [5.74, 6) is -0.448. The molecule has 1 aromatic heterocycles. The van der Waals surface area contributed by atoms with Crippen LogP contribution >= 0.6 is 0 Å². The minimum absolute atomic E-state index is 0.0421. The number of sulfonamides is 1. The molecule has 0 bridgehead atoms. The summed E-state index contributed by atoms with van der Waals surface area (Å²) < 4.78 is 34.0. The monoisotopic (exact) mass is 468 g/mol. The van der Waals surface area contributed by atoms with Crippen LogP contribution in [0.2, 0.25) is 0 Å². The molecule has 8 nitrogen and oxygen atoms in total. The van der Waals surface area contributed by atoms with Crippen LogP contribution in [0.15, 0.2) is 51.7 Å². The fourth-order valence-corrected chi connectivity index (χ4v) is 5.37. The molecular weight excluding hydrogens is 440 g/mol. The number of hydrogen-bond acceptors (Lipinski definition) is 6. The molecule has 1 saturated carbocycles. The highest BCUT2D eigenvalue weighted by atomic mass is 32.2. The molecule has 174 valence electrons. The third-order valence-electron chi connectivity index (χ3n) is 6.16. The van der Waals surface area contributed by atoms with E-state index in [1.165, 1.54) is 17.4 Å². The van der Waals surface area contributed by atoms with Gasteiger partial charge in [0.05, 0.1) is 17.3 Å². The van der Waals surface area contributed by atoms with E-state index in [1.54, 1.807) is 13.1 Å². The van der Waals surface area contributed by atoms with Gasteiger partial charge in [-0.3, -0.25) is 4.57 Å². The molecule has 2 N–H and O–H groups in total. The molecule has 1 aliphatic rings. The van der Waals surface area contributed by atoms with Crippen molar-refractivity contribution in [2.45, 2.75) is 44.2 Å². The Hall–Kier alpha value is -2.93. The number of nitrogens with one attached hydrogen (secondary N) is 2. The van der Waals surface area contributed by atoms with Crippen molar-refractivity contribution < 1.29 is 12.8 Å². The van der Waals surface area contributed by atoms with Gasteiger partial charge in [-0.1, -0.05) is 43.2 Å². The maximum Gasteiger partial charge on any atom is 0.419 e. The van der Waals surface area contributed by atoms with Crippen LogP contribution in [0.3, 0.4) is 0 Å². The van der Waals surface area contributed by atoms with E-state index in [2.05, 4.69) is 16.1 Å². The highest BCUT2D eigenvalue weighted by molar-refractivity contribution is 7.89. The summed E-state index contributed by atoms with van der Waals surface area (Å²) in [6, 6.07) is 14.8. The van der Waals surface area contributed by atoms with Crippen LogP contribution in [0.5, 0.6) is 0 Å². The second-order valence-corrected chi connectivity index (χ2v) is 10.4. The average molecular weight is 469 g/mol. The van der Waals surface area contributed by atoms with Gasteiger partial charge in [-0.05, 0) is 41.7 Å². The molecule has 0 saturated heterocycles. The molecular formula is C24H28N4O4S. The van der Waals surface area contributed by atoms with Crippen LogP contribution in [0.1, 0.15) is 31.2 Å². The number of aromatic nitrogens is 1. The van der Waals surface area contributed by atoms with E-state index in [0.29, 0.717) is 23.7 Å². The fourth-order valence-electron chi connectivity index (χ4n) is 4.29. The molecule has 2 aromatic carbocycles. The molecule has 0 spiro atoms. The second-order valence-electron chi connectivity index (χ2n) is 8.56. The van der Waals surface area contributed by atoms with Gasteiger partial charge in [0.2, 0.25) is 10.0 Å². The number of nitrogens with zero attached hydrogens (tertiary/aromatic N) is 2. The molecule has 1 fully saturated rings. The fraction of sp³-hybridized carbons (Fsp3) is 0.417. The van der Waals surface area contributed by atoms with Gasteiger partial charge < -0.3 is 9.73 Å². The van der Waals surface area contributed by atoms with Crippen molar-refractivity contribution in [3.05, 3.63) is 58.6 Å². The highest BCUT2D eigenvalue weighted by Crippen LogP contribution is 2.24. The zero-order valence-electron chi connectivity index (χ0n) is 18.6. The van der Waals surface area contributed by atoms with Crippen LogP contribution in [0, 0.1) is 11.3 Å². The molecule has 4 rings (SSSR count). The largest absolute Gasteiger partial charge is 0.419 e. The molecule has 9 heteroatoms. The topological polar surface area (TPSA) is 117 Å². The summed E-state index contributed by atoms with van der Waals surface area (Å²) in [5, 5.41) is 12.8. The van der Waals surface area contributed by atoms with E-state index in [4.69, 9.17) is 4.42 Å². The lowest BCUT2D eigenvalue weighted by molar-refractivity contribution is 0.528. The summed E-state index contributed by atoms with van der Waals surface area (Å²) in [6.45, 7) is 0.388. The summed E-state index contributed by atoms with van der Waals surface area (Å²) in [6.07, 6.45) is 4.85. The molecule has 1 unspecified atom stereocenters. The number of nitriles is 1. The van der Waals surface area contributed by atoms with Gasteiger partial charge in [0.25, 0.3) is 0 Å². The number of hydrogen-bond donors (Lipinski definition) is 2. The van der Waals surface area contributed by atoms with Crippen LogP contribution in [0.25, 0.3) is 22.2 Å². The first kappa shape index (κ1) is 23.2. The number of fused-ring (bicyclic) bond motifs is 1. The predicted octanol–water partition coefficient (Wildman–Crippen LogP) is 2.68. The highest BCUT2D eigenvalue weighted by Gasteiger charge is 2.20. The van der Waals surface area contributed by atoms with Gasteiger partial charge in [0.15, 0.2) is 5.58 Å². The third-order valence-corrected chi connectivity index (χ3v) is 7.54. The van der Waals surface area contributed by atoms with E-state index < -0.39 is 21.8 Å². The van der Waals surface area contributed by atoms with E-state index in [1.807, 2.05) is 36.4 Å².